The maximum Gasteiger partial charge on any atom is 0.247 e. The average molecular weight is 408 g/mol. The molecular formula is C22H22ClN5O. The van der Waals surface area contributed by atoms with E-state index >= 15 is 0 Å². The fourth-order valence-electron chi connectivity index (χ4n) is 3.85. The number of amides is 1. The van der Waals surface area contributed by atoms with Gasteiger partial charge in [-0.1, -0.05) is 23.7 Å². The smallest absolute Gasteiger partial charge is 0.247 e. The monoisotopic (exact) mass is 407 g/mol. The van der Waals surface area contributed by atoms with Crippen LogP contribution in [0.1, 0.15) is 30.0 Å². The number of nitriles is 1. The zero-order valence-corrected chi connectivity index (χ0v) is 17.0. The highest BCUT2D eigenvalue weighted by atomic mass is 35.5. The van der Waals surface area contributed by atoms with Gasteiger partial charge < -0.3 is 10.2 Å². The Kier molecular flexibility index (Phi) is 5.41. The first-order chi connectivity index (χ1) is 14.1. The normalized spacial score (nSPS) is 18.3. The van der Waals surface area contributed by atoms with Crippen molar-refractivity contribution in [1.82, 2.24) is 9.91 Å². The highest BCUT2D eigenvalue weighted by Crippen LogP contribution is 2.30. The number of hydrazone groups is 1. The van der Waals surface area contributed by atoms with Gasteiger partial charge in [-0.15, -0.1) is 0 Å². The van der Waals surface area contributed by atoms with Gasteiger partial charge in [0.2, 0.25) is 5.91 Å². The first-order valence-electron chi connectivity index (χ1n) is 9.74. The lowest BCUT2D eigenvalue weighted by molar-refractivity contribution is -0.141. The summed E-state index contributed by atoms with van der Waals surface area (Å²) in [6, 6.07) is 15.0. The maximum atomic E-state index is 13.1. The number of benzene rings is 2. The molecule has 0 saturated carbocycles. The quantitative estimate of drug-likeness (QED) is 0.823. The van der Waals surface area contributed by atoms with E-state index in [1.807, 2.05) is 47.2 Å². The fourth-order valence-corrected chi connectivity index (χ4v) is 4.02. The summed E-state index contributed by atoms with van der Waals surface area (Å²) in [4.78, 5) is 15.0. The molecule has 6 nitrogen and oxygen atoms in total. The second-order valence-corrected chi connectivity index (χ2v) is 7.65. The molecule has 1 atom stereocenters. The number of hydrogen-bond acceptors (Lipinski definition) is 5. The summed E-state index contributed by atoms with van der Waals surface area (Å²) in [7, 11) is 0. The number of carbonyl (C=O) groups is 1. The Bertz CT molecular complexity index is 995. The van der Waals surface area contributed by atoms with Gasteiger partial charge >= 0.3 is 0 Å². The Balaban J connectivity index is 1.49. The molecule has 1 saturated heterocycles. The Hall–Kier alpha value is -3.04. The minimum Gasteiger partial charge on any atom is -0.385 e. The Labute approximate surface area is 175 Å². The zero-order valence-electron chi connectivity index (χ0n) is 16.2. The maximum absolute atomic E-state index is 13.1. The number of nitrogens with one attached hydrogen (secondary N) is 1. The van der Waals surface area contributed by atoms with Gasteiger partial charge in [-0.3, -0.25) is 9.80 Å². The first-order valence-corrected chi connectivity index (χ1v) is 10.1. The molecule has 1 N–H and O–H groups in total. The standard InChI is InChI=1S/C22H22ClN5O/c1-2-25-19-11-17(23)7-8-18(19)20-12-21-22(29)27(9-10-28(21)26-20)14-16-5-3-15(13-24)4-6-16/h3-8,11,21,25H,2,9-10,12,14H2,1H3. The van der Waals surface area contributed by atoms with Crippen LogP contribution in [0.4, 0.5) is 5.69 Å². The Morgan fingerprint density at radius 2 is 2.03 bits per heavy atom. The van der Waals surface area contributed by atoms with Crippen molar-refractivity contribution in [3.8, 4) is 6.07 Å². The topological polar surface area (TPSA) is 71.7 Å². The molecule has 2 heterocycles. The third-order valence-corrected chi connectivity index (χ3v) is 5.54. The van der Waals surface area contributed by atoms with Gasteiger partial charge in [-0.25, -0.2) is 0 Å². The molecule has 148 valence electrons. The summed E-state index contributed by atoms with van der Waals surface area (Å²) >= 11 is 6.15. The van der Waals surface area contributed by atoms with Crippen molar-refractivity contribution in [1.29, 1.82) is 5.26 Å². The van der Waals surface area contributed by atoms with E-state index in [0.717, 1.165) is 29.1 Å². The number of anilines is 1. The molecule has 7 heteroatoms. The van der Waals surface area contributed by atoms with E-state index in [4.69, 9.17) is 22.0 Å². The lowest BCUT2D eigenvalue weighted by atomic mass is 10.00. The summed E-state index contributed by atoms with van der Waals surface area (Å²) in [5.41, 5.74) is 4.50. The number of fused-ring (bicyclic) bond motifs is 1. The minimum atomic E-state index is -0.262. The van der Waals surface area contributed by atoms with E-state index in [2.05, 4.69) is 11.4 Å². The number of rotatable bonds is 5. The number of nitrogens with zero attached hydrogens (tertiary/aromatic N) is 4. The first kappa shape index (κ1) is 19.3. The molecule has 0 aliphatic carbocycles. The van der Waals surface area contributed by atoms with Gasteiger partial charge in [-0.05, 0) is 42.8 Å². The number of carbonyl (C=O) groups excluding carboxylic acids is 1. The van der Waals surface area contributed by atoms with Gasteiger partial charge in [-0.2, -0.15) is 10.4 Å². The molecule has 2 aliphatic heterocycles. The summed E-state index contributed by atoms with van der Waals surface area (Å²) in [5, 5.41) is 19.6. The van der Waals surface area contributed by atoms with Crippen LogP contribution < -0.4 is 5.32 Å². The molecule has 1 fully saturated rings. The van der Waals surface area contributed by atoms with Crippen molar-refractivity contribution < 1.29 is 4.79 Å². The van der Waals surface area contributed by atoms with Gasteiger partial charge in [0.05, 0.1) is 23.9 Å². The lowest BCUT2D eigenvalue weighted by Gasteiger charge is -2.36. The molecule has 1 unspecified atom stereocenters. The van der Waals surface area contributed by atoms with Crippen LogP contribution in [0.5, 0.6) is 0 Å². The van der Waals surface area contributed by atoms with Gasteiger partial charge in [0, 0.05) is 42.3 Å². The second kappa shape index (κ2) is 8.14. The van der Waals surface area contributed by atoms with Crippen LogP contribution in [0.15, 0.2) is 47.6 Å². The van der Waals surface area contributed by atoms with Crippen LogP contribution in [0, 0.1) is 11.3 Å². The van der Waals surface area contributed by atoms with E-state index in [0.29, 0.717) is 36.6 Å². The third kappa shape index (κ3) is 3.92. The van der Waals surface area contributed by atoms with Crippen molar-refractivity contribution in [3.63, 3.8) is 0 Å². The molecule has 4 rings (SSSR count). The van der Waals surface area contributed by atoms with Crippen molar-refractivity contribution in [3.05, 3.63) is 64.2 Å². The van der Waals surface area contributed by atoms with Crippen LogP contribution in [0.2, 0.25) is 5.02 Å². The third-order valence-electron chi connectivity index (χ3n) is 5.31. The van der Waals surface area contributed by atoms with Crippen LogP contribution in [-0.2, 0) is 11.3 Å². The van der Waals surface area contributed by atoms with Gasteiger partial charge in [0.25, 0.3) is 0 Å². The lowest BCUT2D eigenvalue weighted by Crippen LogP contribution is -2.53. The highest BCUT2D eigenvalue weighted by Gasteiger charge is 2.39. The van der Waals surface area contributed by atoms with Crippen molar-refractivity contribution in [2.75, 3.05) is 25.0 Å². The van der Waals surface area contributed by atoms with Crippen LogP contribution >= 0.6 is 11.6 Å². The molecule has 0 spiro atoms. The second-order valence-electron chi connectivity index (χ2n) is 7.22. The van der Waals surface area contributed by atoms with Crippen molar-refractivity contribution >= 4 is 28.9 Å². The van der Waals surface area contributed by atoms with E-state index in [9.17, 15) is 4.79 Å². The van der Waals surface area contributed by atoms with Crippen LogP contribution in [0.25, 0.3) is 0 Å². The Morgan fingerprint density at radius 3 is 2.76 bits per heavy atom. The SMILES string of the molecule is CCNc1cc(Cl)ccc1C1=NN2CCN(Cc3ccc(C#N)cc3)C(=O)C2C1. The van der Waals surface area contributed by atoms with Crippen LogP contribution in [-0.4, -0.2) is 47.2 Å². The van der Waals surface area contributed by atoms with Crippen LogP contribution in [0.3, 0.4) is 0 Å². The number of halogens is 1. The summed E-state index contributed by atoms with van der Waals surface area (Å²) in [6.45, 7) is 4.71. The molecule has 1 amide bonds. The largest absolute Gasteiger partial charge is 0.385 e. The molecule has 0 bridgehead atoms. The van der Waals surface area contributed by atoms with Crippen molar-refractivity contribution in [2.45, 2.75) is 25.9 Å². The van der Waals surface area contributed by atoms with E-state index in [1.165, 1.54) is 0 Å². The molecule has 2 aliphatic rings. The van der Waals surface area contributed by atoms with E-state index in [-0.39, 0.29) is 11.9 Å². The minimum absolute atomic E-state index is 0.0957. The number of piperazine rings is 1. The van der Waals surface area contributed by atoms with E-state index in [1.54, 1.807) is 12.1 Å². The van der Waals surface area contributed by atoms with Gasteiger partial charge in [0.1, 0.15) is 6.04 Å². The number of hydrogen-bond donors (Lipinski definition) is 1. The molecule has 2 aromatic rings. The average Bonchev–Trinajstić information content (AvgIpc) is 3.16. The van der Waals surface area contributed by atoms with E-state index < -0.39 is 0 Å². The summed E-state index contributed by atoms with van der Waals surface area (Å²) in [6.07, 6.45) is 0.586. The highest BCUT2D eigenvalue weighted by molar-refractivity contribution is 6.31. The molecule has 0 radical (unpaired) electrons. The zero-order chi connectivity index (χ0) is 20.4. The molecule has 2 aromatic carbocycles. The molecule has 0 aromatic heterocycles. The Morgan fingerprint density at radius 1 is 1.24 bits per heavy atom. The summed E-state index contributed by atoms with van der Waals surface area (Å²) < 4.78 is 0. The van der Waals surface area contributed by atoms with Crippen molar-refractivity contribution in [2.24, 2.45) is 5.10 Å². The fraction of sp³-hybridized carbons (Fsp3) is 0.318. The summed E-state index contributed by atoms with van der Waals surface area (Å²) in [5.74, 6) is 0.0957. The van der Waals surface area contributed by atoms with Gasteiger partial charge in [0.15, 0.2) is 0 Å². The molecule has 29 heavy (non-hydrogen) atoms. The predicted octanol–water partition coefficient (Wildman–Crippen LogP) is 3.46. The molecular weight excluding hydrogens is 386 g/mol. The predicted molar refractivity (Wildman–Crippen MR) is 114 cm³/mol.